The monoisotopic (exact) mass is 488 g/mol. The lowest BCUT2D eigenvalue weighted by Crippen LogP contribution is -2.51. The number of nitrogens with one attached hydrogen (secondary N) is 1. The molecule has 3 rings (SSSR count). The first-order chi connectivity index (χ1) is 17.3. The van der Waals surface area contributed by atoms with Crippen LogP contribution in [-0.2, 0) is 29.0 Å². The fourth-order valence-electron chi connectivity index (χ4n) is 4.40. The van der Waals surface area contributed by atoms with E-state index in [-0.39, 0.29) is 23.9 Å². The summed E-state index contributed by atoms with van der Waals surface area (Å²) in [5.74, 6) is -1.36. The SMILES string of the molecule is CCN(CC)C(=O)C(C#N)=Cc1ccc2c(c1)CN(CC(=O)N[C@@H](Cc1ccccc1)B(O)O)CC2. The Morgan fingerprint density at radius 3 is 2.53 bits per heavy atom. The Hall–Kier alpha value is -3.45. The smallest absolute Gasteiger partial charge is 0.426 e. The van der Waals surface area contributed by atoms with Crippen molar-refractivity contribution in [2.75, 3.05) is 26.2 Å². The molecule has 1 aliphatic rings. The summed E-state index contributed by atoms with van der Waals surface area (Å²) >= 11 is 0. The van der Waals surface area contributed by atoms with E-state index in [1.807, 2.05) is 73.3 Å². The Labute approximate surface area is 213 Å². The summed E-state index contributed by atoms with van der Waals surface area (Å²) in [5, 5.41) is 31.8. The topological polar surface area (TPSA) is 117 Å². The van der Waals surface area contributed by atoms with Crippen molar-refractivity contribution < 1.29 is 19.6 Å². The van der Waals surface area contributed by atoms with Crippen molar-refractivity contribution >= 4 is 25.0 Å². The average Bonchev–Trinajstić information content (AvgIpc) is 2.87. The maximum Gasteiger partial charge on any atom is 0.475 e. The Balaban J connectivity index is 1.66. The van der Waals surface area contributed by atoms with Gasteiger partial charge in [-0.2, -0.15) is 5.26 Å². The molecule has 0 radical (unpaired) electrons. The molecule has 1 heterocycles. The second kappa shape index (κ2) is 13.0. The first kappa shape index (κ1) is 27.1. The molecule has 0 bridgehead atoms. The van der Waals surface area contributed by atoms with E-state index >= 15 is 0 Å². The van der Waals surface area contributed by atoms with Crippen LogP contribution in [0.4, 0.5) is 0 Å². The highest BCUT2D eigenvalue weighted by molar-refractivity contribution is 6.43. The molecule has 9 heteroatoms. The summed E-state index contributed by atoms with van der Waals surface area (Å²) in [4.78, 5) is 28.9. The van der Waals surface area contributed by atoms with Crippen LogP contribution in [-0.4, -0.2) is 70.9 Å². The Bertz CT molecular complexity index is 1130. The fourth-order valence-corrected chi connectivity index (χ4v) is 4.40. The van der Waals surface area contributed by atoms with Gasteiger partial charge in [-0.3, -0.25) is 14.5 Å². The van der Waals surface area contributed by atoms with Crippen LogP contribution in [0.1, 0.15) is 36.1 Å². The van der Waals surface area contributed by atoms with E-state index in [9.17, 15) is 24.9 Å². The summed E-state index contributed by atoms with van der Waals surface area (Å²) < 4.78 is 0. The van der Waals surface area contributed by atoms with Gasteiger partial charge in [-0.25, -0.2) is 0 Å². The summed E-state index contributed by atoms with van der Waals surface area (Å²) in [6.45, 7) is 6.20. The molecule has 188 valence electrons. The van der Waals surface area contributed by atoms with Gasteiger partial charge >= 0.3 is 7.12 Å². The number of nitrogens with zero attached hydrogens (tertiary/aromatic N) is 3. The van der Waals surface area contributed by atoms with Crippen molar-refractivity contribution in [3.8, 4) is 6.07 Å². The van der Waals surface area contributed by atoms with Crippen LogP contribution in [0, 0.1) is 11.3 Å². The minimum Gasteiger partial charge on any atom is -0.426 e. The maximum absolute atomic E-state index is 12.7. The molecular formula is C27H33BN4O4. The normalized spacial score (nSPS) is 14.4. The highest BCUT2D eigenvalue weighted by Gasteiger charge is 2.27. The van der Waals surface area contributed by atoms with Gasteiger partial charge in [0.25, 0.3) is 5.91 Å². The lowest BCUT2D eigenvalue weighted by molar-refractivity contribution is -0.126. The predicted octanol–water partition coefficient (Wildman–Crippen LogP) is 1.56. The number of carbonyl (C=O) groups is 2. The van der Waals surface area contributed by atoms with Crippen molar-refractivity contribution in [2.45, 2.75) is 39.2 Å². The molecule has 2 aromatic carbocycles. The second-order valence-electron chi connectivity index (χ2n) is 8.91. The molecule has 0 fully saturated rings. The van der Waals surface area contributed by atoms with Gasteiger partial charge in [-0.05, 0) is 55.0 Å². The minimum atomic E-state index is -1.67. The van der Waals surface area contributed by atoms with Crippen molar-refractivity contribution in [2.24, 2.45) is 0 Å². The Kier molecular flexibility index (Phi) is 9.82. The quantitative estimate of drug-likeness (QED) is 0.266. The van der Waals surface area contributed by atoms with E-state index in [1.165, 1.54) is 5.56 Å². The molecule has 2 amide bonds. The van der Waals surface area contributed by atoms with Crippen molar-refractivity contribution in [1.29, 1.82) is 5.26 Å². The van der Waals surface area contributed by atoms with Crippen LogP contribution >= 0.6 is 0 Å². The number of carbonyl (C=O) groups excluding carboxylic acids is 2. The molecule has 0 aliphatic carbocycles. The van der Waals surface area contributed by atoms with Crippen LogP contribution in [0.2, 0.25) is 0 Å². The average molecular weight is 488 g/mol. The Morgan fingerprint density at radius 2 is 1.89 bits per heavy atom. The summed E-state index contributed by atoms with van der Waals surface area (Å²) in [6, 6.07) is 17.3. The number of rotatable bonds is 10. The molecule has 0 aromatic heterocycles. The van der Waals surface area contributed by atoms with E-state index in [1.54, 1.807) is 11.0 Å². The predicted molar refractivity (Wildman–Crippen MR) is 139 cm³/mol. The lowest BCUT2D eigenvalue weighted by atomic mass is 9.76. The van der Waals surface area contributed by atoms with Gasteiger partial charge in [-0.15, -0.1) is 0 Å². The molecule has 0 spiro atoms. The molecule has 0 unspecified atom stereocenters. The number of fused-ring (bicyclic) bond motifs is 1. The zero-order chi connectivity index (χ0) is 26.1. The van der Waals surface area contributed by atoms with Gasteiger partial charge in [0.15, 0.2) is 0 Å². The van der Waals surface area contributed by atoms with Gasteiger partial charge in [-0.1, -0.05) is 48.5 Å². The van der Waals surface area contributed by atoms with Crippen molar-refractivity contribution in [3.05, 3.63) is 76.4 Å². The Morgan fingerprint density at radius 1 is 1.17 bits per heavy atom. The minimum absolute atomic E-state index is 0.0951. The highest BCUT2D eigenvalue weighted by Crippen LogP contribution is 2.22. The standard InChI is InChI=1S/C27H33BN4O4/c1-3-32(4-2)27(34)23(17-29)14-21-10-11-22-12-13-31(18-24(22)15-21)19-26(33)30-25(28(35)36)16-20-8-6-5-7-9-20/h5-11,14-15,25,35-36H,3-4,12-13,16,18-19H2,1-2H3,(H,30,33)/t25-/m0/s1. The third-order valence-corrected chi connectivity index (χ3v) is 6.41. The number of amides is 2. The molecule has 2 aromatic rings. The van der Waals surface area contributed by atoms with Gasteiger partial charge in [0.05, 0.1) is 12.5 Å². The lowest BCUT2D eigenvalue weighted by Gasteiger charge is -2.29. The van der Waals surface area contributed by atoms with E-state index in [0.29, 0.717) is 32.6 Å². The molecule has 3 N–H and O–H groups in total. The van der Waals surface area contributed by atoms with E-state index in [4.69, 9.17) is 0 Å². The molecular weight excluding hydrogens is 455 g/mol. The summed E-state index contributed by atoms with van der Waals surface area (Å²) in [5.41, 5.74) is 3.98. The van der Waals surface area contributed by atoms with Crippen molar-refractivity contribution in [1.82, 2.24) is 15.1 Å². The third-order valence-electron chi connectivity index (χ3n) is 6.41. The van der Waals surface area contributed by atoms with E-state index < -0.39 is 13.1 Å². The zero-order valence-corrected chi connectivity index (χ0v) is 20.9. The van der Waals surface area contributed by atoms with E-state index in [0.717, 1.165) is 23.1 Å². The summed E-state index contributed by atoms with van der Waals surface area (Å²) in [6.07, 6.45) is 2.70. The first-order valence-electron chi connectivity index (χ1n) is 12.3. The first-order valence-corrected chi connectivity index (χ1v) is 12.3. The van der Waals surface area contributed by atoms with Gasteiger partial charge in [0.1, 0.15) is 11.6 Å². The number of benzene rings is 2. The van der Waals surface area contributed by atoms with Crippen molar-refractivity contribution in [3.63, 3.8) is 0 Å². The molecule has 1 aliphatic heterocycles. The zero-order valence-electron chi connectivity index (χ0n) is 20.9. The number of nitriles is 1. The number of hydrogen-bond donors (Lipinski definition) is 3. The molecule has 36 heavy (non-hydrogen) atoms. The highest BCUT2D eigenvalue weighted by atomic mass is 16.4. The van der Waals surface area contributed by atoms with Crippen LogP contribution in [0.15, 0.2) is 54.1 Å². The van der Waals surface area contributed by atoms with Crippen LogP contribution < -0.4 is 5.32 Å². The largest absolute Gasteiger partial charge is 0.475 e. The molecule has 8 nitrogen and oxygen atoms in total. The second-order valence-corrected chi connectivity index (χ2v) is 8.91. The van der Waals surface area contributed by atoms with Gasteiger partial charge < -0.3 is 20.3 Å². The van der Waals surface area contributed by atoms with E-state index in [2.05, 4.69) is 5.32 Å². The van der Waals surface area contributed by atoms with Crippen LogP contribution in [0.25, 0.3) is 6.08 Å². The summed E-state index contributed by atoms with van der Waals surface area (Å²) in [7, 11) is -1.67. The molecule has 0 saturated carbocycles. The number of hydrogen-bond acceptors (Lipinski definition) is 6. The van der Waals surface area contributed by atoms with Crippen LogP contribution in [0.3, 0.4) is 0 Å². The molecule has 1 atom stereocenters. The maximum atomic E-state index is 12.7. The van der Waals surface area contributed by atoms with Gasteiger partial charge in [0, 0.05) is 26.2 Å². The fraction of sp³-hybridized carbons (Fsp3) is 0.370. The van der Waals surface area contributed by atoms with Gasteiger partial charge in [0.2, 0.25) is 5.91 Å². The molecule has 0 saturated heterocycles. The number of likely N-dealkylation sites (N-methyl/N-ethyl adjacent to an activating group) is 1. The third kappa shape index (κ3) is 7.28. The van der Waals surface area contributed by atoms with Crippen LogP contribution in [0.5, 0.6) is 0 Å².